The molecule has 0 saturated heterocycles. The van der Waals surface area contributed by atoms with Gasteiger partial charge in [0.05, 0.1) is 6.42 Å². The lowest BCUT2D eigenvalue weighted by Crippen LogP contribution is -2.62. The van der Waals surface area contributed by atoms with Crippen LogP contribution in [0.2, 0.25) is 0 Å². The van der Waals surface area contributed by atoms with Crippen molar-refractivity contribution in [2.45, 2.75) is 30.5 Å². The van der Waals surface area contributed by atoms with E-state index in [1.807, 2.05) is 30.3 Å². The third-order valence-corrected chi connectivity index (χ3v) is 4.55. The van der Waals surface area contributed by atoms with Gasteiger partial charge in [0.2, 0.25) is 5.60 Å². The molecule has 2 heterocycles. The minimum Gasteiger partial charge on any atom is -0.622 e. The molecule has 0 saturated carbocycles. The van der Waals surface area contributed by atoms with Crippen molar-refractivity contribution in [3.05, 3.63) is 52.5 Å². The van der Waals surface area contributed by atoms with Crippen molar-refractivity contribution in [1.29, 1.82) is 0 Å². The van der Waals surface area contributed by atoms with Gasteiger partial charge in [0, 0.05) is 18.4 Å². The number of hydrogen-bond acceptors (Lipinski definition) is 6. The van der Waals surface area contributed by atoms with Crippen molar-refractivity contribution in [3.63, 3.8) is 0 Å². The number of nitrogens with zero attached hydrogens (tertiary/aromatic N) is 3. The Kier molecular flexibility index (Phi) is 2.32. The van der Waals surface area contributed by atoms with Crippen LogP contribution in [-0.2, 0) is 12.0 Å². The highest BCUT2D eigenvalue weighted by atomic mass is 16.6. The standard InChI is InChI=1S/C14H14N4O3/c15-14-7-6-10-12(17-21-16-10)13(14,19)8-11(18(14)20)9-4-2-1-3-5-9/h1-5,19H,6-8,15H2/t13-,14+/m0/s1. The van der Waals surface area contributed by atoms with Crippen molar-refractivity contribution < 1.29 is 14.5 Å². The van der Waals surface area contributed by atoms with E-state index in [0.29, 0.717) is 24.2 Å². The van der Waals surface area contributed by atoms with Gasteiger partial charge in [-0.05, 0) is 12.1 Å². The molecule has 1 aromatic carbocycles. The van der Waals surface area contributed by atoms with Gasteiger partial charge in [0.1, 0.15) is 11.4 Å². The SMILES string of the molecule is N[C@@]12CCc3nonc3[C@@]1(O)CC(c1ccccc1)=[N+]2[O-]. The molecule has 1 aromatic heterocycles. The van der Waals surface area contributed by atoms with E-state index in [4.69, 9.17) is 10.4 Å². The topological polar surface area (TPSA) is 111 Å². The molecule has 4 rings (SSSR count). The maximum absolute atomic E-state index is 12.7. The number of fused-ring (bicyclic) bond motifs is 3. The third kappa shape index (κ3) is 1.42. The molecule has 0 radical (unpaired) electrons. The minimum atomic E-state index is -1.58. The summed E-state index contributed by atoms with van der Waals surface area (Å²) >= 11 is 0. The molecule has 2 atom stereocenters. The molecule has 0 fully saturated rings. The van der Waals surface area contributed by atoms with E-state index in [-0.39, 0.29) is 12.1 Å². The second-order valence-corrected chi connectivity index (χ2v) is 5.63. The van der Waals surface area contributed by atoms with Crippen LogP contribution in [0.15, 0.2) is 35.0 Å². The quantitative estimate of drug-likeness (QED) is 0.574. The molecule has 0 unspecified atom stereocenters. The van der Waals surface area contributed by atoms with Crippen LogP contribution in [0, 0.1) is 5.21 Å². The molecule has 21 heavy (non-hydrogen) atoms. The van der Waals surface area contributed by atoms with Crippen molar-refractivity contribution in [1.82, 2.24) is 10.3 Å². The molecule has 7 heteroatoms. The van der Waals surface area contributed by atoms with Crippen LogP contribution in [0.1, 0.15) is 29.8 Å². The third-order valence-electron chi connectivity index (χ3n) is 4.55. The molecule has 0 amide bonds. The molecule has 2 aromatic rings. The zero-order chi connectivity index (χ0) is 14.7. The lowest BCUT2D eigenvalue weighted by molar-refractivity contribution is -0.566. The Morgan fingerprint density at radius 3 is 2.81 bits per heavy atom. The summed E-state index contributed by atoms with van der Waals surface area (Å²) in [7, 11) is 0. The summed E-state index contributed by atoms with van der Waals surface area (Å²) in [5, 5.41) is 31.3. The zero-order valence-electron chi connectivity index (χ0n) is 11.2. The summed E-state index contributed by atoms with van der Waals surface area (Å²) in [6.45, 7) is 0. The van der Waals surface area contributed by atoms with E-state index in [1.165, 1.54) is 0 Å². The largest absolute Gasteiger partial charge is 0.622 e. The van der Waals surface area contributed by atoms with Crippen LogP contribution < -0.4 is 5.73 Å². The average Bonchev–Trinajstić information content (AvgIpc) is 3.05. The number of hydrogen-bond donors (Lipinski definition) is 2. The number of aromatic nitrogens is 2. The van der Waals surface area contributed by atoms with Gasteiger partial charge in [0.15, 0.2) is 5.71 Å². The highest BCUT2D eigenvalue weighted by molar-refractivity contribution is 5.99. The van der Waals surface area contributed by atoms with Crippen LogP contribution in [0.4, 0.5) is 0 Å². The maximum Gasteiger partial charge on any atom is 0.260 e. The number of nitrogens with two attached hydrogens (primary N) is 1. The van der Waals surface area contributed by atoms with Crippen molar-refractivity contribution in [3.8, 4) is 0 Å². The van der Waals surface area contributed by atoms with E-state index in [1.54, 1.807) is 0 Å². The second-order valence-electron chi connectivity index (χ2n) is 5.63. The van der Waals surface area contributed by atoms with Crippen LogP contribution in [-0.4, -0.2) is 31.5 Å². The zero-order valence-corrected chi connectivity index (χ0v) is 11.2. The van der Waals surface area contributed by atoms with E-state index in [0.717, 1.165) is 10.3 Å². The Bertz CT molecular complexity index is 742. The fourth-order valence-electron chi connectivity index (χ4n) is 3.32. The van der Waals surface area contributed by atoms with Crippen molar-refractivity contribution in [2.24, 2.45) is 5.73 Å². The first-order valence-electron chi connectivity index (χ1n) is 6.78. The molecule has 7 nitrogen and oxygen atoms in total. The molecular formula is C14H14N4O3. The lowest BCUT2D eigenvalue weighted by Gasteiger charge is -2.37. The summed E-state index contributed by atoms with van der Waals surface area (Å²) in [5.74, 6) is 0. The minimum absolute atomic E-state index is 0.0955. The molecule has 2 aliphatic rings. The molecule has 1 aliphatic carbocycles. The predicted octanol–water partition coefficient (Wildman–Crippen LogP) is 0.262. The Morgan fingerprint density at radius 2 is 2.05 bits per heavy atom. The second kappa shape index (κ2) is 3.90. The highest BCUT2D eigenvalue weighted by Crippen LogP contribution is 2.47. The Balaban J connectivity index is 1.89. The van der Waals surface area contributed by atoms with E-state index < -0.39 is 11.3 Å². The van der Waals surface area contributed by atoms with Gasteiger partial charge in [-0.3, -0.25) is 5.73 Å². The number of aliphatic hydroxyl groups is 1. The van der Waals surface area contributed by atoms with Crippen LogP contribution in [0.5, 0.6) is 0 Å². The Hall–Kier alpha value is -2.25. The van der Waals surface area contributed by atoms with E-state index >= 15 is 0 Å². The number of rotatable bonds is 1. The highest BCUT2D eigenvalue weighted by Gasteiger charge is 2.67. The van der Waals surface area contributed by atoms with Gasteiger partial charge in [-0.15, -0.1) is 0 Å². The van der Waals surface area contributed by atoms with Gasteiger partial charge in [-0.1, -0.05) is 28.5 Å². The molecule has 108 valence electrons. The van der Waals surface area contributed by atoms with Crippen LogP contribution >= 0.6 is 0 Å². The lowest BCUT2D eigenvalue weighted by atomic mass is 9.75. The Labute approximate surface area is 120 Å². The molecule has 1 aliphatic heterocycles. The first-order chi connectivity index (χ1) is 10.1. The van der Waals surface area contributed by atoms with Crippen molar-refractivity contribution >= 4 is 5.71 Å². The van der Waals surface area contributed by atoms with Crippen LogP contribution in [0.3, 0.4) is 0 Å². The summed E-state index contributed by atoms with van der Waals surface area (Å²) in [6.07, 6.45) is 0.848. The first kappa shape index (κ1) is 12.5. The van der Waals surface area contributed by atoms with Gasteiger partial charge < -0.3 is 10.3 Å². The molecular weight excluding hydrogens is 272 g/mol. The molecule has 0 spiro atoms. The number of aryl methyl sites for hydroxylation is 1. The maximum atomic E-state index is 12.7. The van der Waals surface area contributed by atoms with Gasteiger partial charge in [-0.2, -0.15) is 4.74 Å². The van der Waals surface area contributed by atoms with Crippen LogP contribution in [0.25, 0.3) is 0 Å². The number of benzene rings is 1. The number of hydroxylamine groups is 1. The Morgan fingerprint density at radius 1 is 1.29 bits per heavy atom. The van der Waals surface area contributed by atoms with Gasteiger partial charge in [0.25, 0.3) is 5.66 Å². The summed E-state index contributed by atoms with van der Waals surface area (Å²) < 4.78 is 5.45. The fraction of sp³-hybridized carbons (Fsp3) is 0.357. The summed E-state index contributed by atoms with van der Waals surface area (Å²) in [4.78, 5) is 0. The molecule has 3 N–H and O–H groups in total. The monoisotopic (exact) mass is 286 g/mol. The normalized spacial score (nSPS) is 31.1. The summed E-state index contributed by atoms with van der Waals surface area (Å²) in [5.41, 5.74) is 5.31. The smallest absolute Gasteiger partial charge is 0.260 e. The average molecular weight is 286 g/mol. The fourth-order valence-corrected chi connectivity index (χ4v) is 3.32. The van der Waals surface area contributed by atoms with E-state index in [2.05, 4.69) is 10.3 Å². The summed E-state index contributed by atoms with van der Waals surface area (Å²) in [6, 6.07) is 9.20. The van der Waals surface area contributed by atoms with E-state index in [9.17, 15) is 10.3 Å². The van der Waals surface area contributed by atoms with Crippen molar-refractivity contribution in [2.75, 3.05) is 0 Å². The first-order valence-corrected chi connectivity index (χ1v) is 6.78. The van der Waals surface area contributed by atoms with Gasteiger partial charge in [-0.25, -0.2) is 4.63 Å². The predicted molar refractivity (Wildman–Crippen MR) is 72.2 cm³/mol. The molecule has 0 bridgehead atoms. The van der Waals surface area contributed by atoms with Gasteiger partial charge >= 0.3 is 0 Å².